The van der Waals surface area contributed by atoms with Gasteiger partial charge < -0.3 is 9.72 Å². The Balaban J connectivity index is 1.61. The monoisotopic (exact) mass is 299 g/mol. The van der Waals surface area contributed by atoms with Gasteiger partial charge in [0.15, 0.2) is 5.65 Å². The number of fused-ring (bicyclic) bond motifs is 1. The number of halogens is 1. The number of aromatic nitrogens is 3. The van der Waals surface area contributed by atoms with Crippen molar-refractivity contribution in [3.05, 3.63) is 70.2 Å². The van der Waals surface area contributed by atoms with Gasteiger partial charge in [0, 0.05) is 6.20 Å². The lowest BCUT2D eigenvalue weighted by Gasteiger charge is -2.05. The lowest BCUT2D eigenvalue weighted by molar-refractivity contribution is 0.118. The summed E-state index contributed by atoms with van der Waals surface area (Å²) in [7, 11) is 0. The molecular formula is C16H14FN3O2. The van der Waals surface area contributed by atoms with Crippen molar-refractivity contribution in [2.45, 2.75) is 13.0 Å². The molecular weight excluding hydrogens is 285 g/mol. The van der Waals surface area contributed by atoms with Crippen LogP contribution in [0.4, 0.5) is 4.39 Å². The van der Waals surface area contributed by atoms with Gasteiger partial charge in [-0.1, -0.05) is 12.1 Å². The maximum Gasteiger partial charge on any atom is 0.260 e. The highest BCUT2D eigenvalue weighted by molar-refractivity contribution is 5.72. The van der Waals surface area contributed by atoms with Gasteiger partial charge in [-0.3, -0.25) is 4.79 Å². The fraction of sp³-hybridized carbons (Fsp3) is 0.188. The number of pyridine rings is 1. The molecule has 0 radical (unpaired) electrons. The Morgan fingerprint density at radius 1 is 1.23 bits per heavy atom. The predicted molar refractivity (Wildman–Crippen MR) is 79.9 cm³/mol. The molecule has 3 rings (SSSR count). The molecule has 0 saturated heterocycles. The normalized spacial score (nSPS) is 11.0. The number of hydrogen-bond donors (Lipinski definition) is 1. The van der Waals surface area contributed by atoms with Gasteiger partial charge >= 0.3 is 0 Å². The molecule has 0 atom stereocenters. The highest BCUT2D eigenvalue weighted by Crippen LogP contribution is 2.06. The molecule has 0 aliphatic carbocycles. The summed E-state index contributed by atoms with van der Waals surface area (Å²) >= 11 is 0. The van der Waals surface area contributed by atoms with E-state index in [0.29, 0.717) is 29.9 Å². The summed E-state index contributed by atoms with van der Waals surface area (Å²) in [5, 5.41) is 0.450. The fourth-order valence-corrected chi connectivity index (χ4v) is 2.14. The van der Waals surface area contributed by atoms with E-state index < -0.39 is 0 Å². The van der Waals surface area contributed by atoms with E-state index in [-0.39, 0.29) is 18.0 Å². The molecule has 2 aromatic heterocycles. The van der Waals surface area contributed by atoms with E-state index in [0.717, 1.165) is 5.56 Å². The summed E-state index contributed by atoms with van der Waals surface area (Å²) in [6.45, 7) is 0.588. The third kappa shape index (κ3) is 3.35. The fourth-order valence-electron chi connectivity index (χ4n) is 2.14. The zero-order valence-electron chi connectivity index (χ0n) is 11.8. The van der Waals surface area contributed by atoms with Crippen molar-refractivity contribution in [1.29, 1.82) is 0 Å². The van der Waals surface area contributed by atoms with Crippen LogP contribution in [0.3, 0.4) is 0 Å². The summed E-state index contributed by atoms with van der Waals surface area (Å²) in [5.74, 6) is 0.166. The molecule has 6 heteroatoms. The van der Waals surface area contributed by atoms with Crippen LogP contribution in [0.25, 0.3) is 11.0 Å². The van der Waals surface area contributed by atoms with Crippen LogP contribution in [0.5, 0.6) is 0 Å². The SMILES string of the molecule is O=c1[nH]c(COCCc2cccc(F)c2)nc2ncccc12. The van der Waals surface area contributed by atoms with Crippen LogP contribution in [0, 0.1) is 5.82 Å². The molecule has 2 heterocycles. The van der Waals surface area contributed by atoms with Crippen molar-refractivity contribution in [3.8, 4) is 0 Å². The van der Waals surface area contributed by atoms with Crippen molar-refractivity contribution >= 4 is 11.0 Å². The summed E-state index contributed by atoms with van der Waals surface area (Å²) in [5.41, 5.74) is 1.03. The number of nitrogens with one attached hydrogen (secondary N) is 1. The standard InChI is InChI=1S/C16H14FN3O2/c17-12-4-1-3-11(9-12)6-8-22-10-14-19-15-13(16(21)20-14)5-2-7-18-15/h1-5,7,9H,6,8,10H2,(H,18,19,20,21). The smallest absolute Gasteiger partial charge is 0.260 e. The van der Waals surface area contributed by atoms with E-state index >= 15 is 0 Å². The average Bonchev–Trinajstić information content (AvgIpc) is 2.52. The Labute approximate surface area is 125 Å². The first-order chi connectivity index (χ1) is 10.7. The third-order valence-corrected chi connectivity index (χ3v) is 3.19. The minimum atomic E-state index is -0.260. The van der Waals surface area contributed by atoms with Crippen molar-refractivity contribution in [2.24, 2.45) is 0 Å². The first-order valence-electron chi connectivity index (χ1n) is 6.88. The van der Waals surface area contributed by atoms with Gasteiger partial charge in [0.25, 0.3) is 5.56 Å². The molecule has 0 saturated carbocycles. The van der Waals surface area contributed by atoms with Crippen LogP contribution in [0.2, 0.25) is 0 Å². The highest BCUT2D eigenvalue weighted by Gasteiger charge is 2.04. The first-order valence-corrected chi connectivity index (χ1v) is 6.88. The van der Waals surface area contributed by atoms with E-state index in [2.05, 4.69) is 15.0 Å². The number of ether oxygens (including phenoxy) is 1. The van der Waals surface area contributed by atoms with Crippen molar-refractivity contribution < 1.29 is 9.13 Å². The molecule has 0 fully saturated rings. The van der Waals surface area contributed by atoms with Gasteiger partial charge in [-0.05, 0) is 36.2 Å². The quantitative estimate of drug-likeness (QED) is 0.733. The number of rotatable bonds is 5. The van der Waals surface area contributed by atoms with Gasteiger partial charge in [-0.15, -0.1) is 0 Å². The van der Waals surface area contributed by atoms with Crippen molar-refractivity contribution in [2.75, 3.05) is 6.61 Å². The van der Waals surface area contributed by atoms with Crippen LogP contribution < -0.4 is 5.56 Å². The highest BCUT2D eigenvalue weighted by atomic mass is 19.1. The van der Waals surface area contributed by atoms with Crippen LogP contribution in [-0.2, 0) is 17.8 Å². The zero-order valence-corrected chi connectivity index (χ0v) is 11.8. The molecule has 3 aromatic rings. The van der Waals surface area contributed by atoms with Gasteiger partial charge in [-0.25, -0.2) is 14.4 Å². The van der Waals surface area contributed by atoms with Crippen molar-refractivity contribution in [1.82, 2.24) is 15.0 Å². The minimum absolute atomic E-state index is 0.178. The molecule has 1 N–H and O–H groups in total. The van der Waals surface area contributed by atoms with Crippen LogP contribution in [0.1, 0.15) is 11.4 Å². The minimum Gasteiger partial charge on any atom is -0.373 e. The molecule has 22 heavy (non-hydrogen) atoms. The molecule has 0 aliphatic rings. The Kier molecular flexibility index (Phi) is 4.20. The lowest BCUT2D eigenvalue weighted by Crippen LogP contribution is -2.13. The average molecular weight is 299 g/mol. The predicted octanol–water partition coefficient (Wildman–Crippen LogP) is 2.22. The Morgan fingerprint density at radius 3 is 3.00 bits per heavy atom. The first kappa shape index (κ1) is 14.3. The number of nitrogens with zero attached hydrogens (tertiary/aromatic N) is 2. The van der Waals surface area contributed by atoms with Crippen LogP contribution in [-0.4, -0.2) is 21.6 Å². The van der Waals surface area contributed by atoms with Crippen LogP contribution >= 0.6 is 0 Å². The second-order valence-electron chi connectivity index (χ2n) is 4.82. The summed E-state index contributed by atoms with van der Waals surface area (Å²) in [6, 6.07) is 9.74. The Bertz CT molecular complexity index is 848. The molecule has 0 unspecified atom stereocenters. The number of H-pyrrole nitrogens is 1. The summed E-state index contributed by atoms with van der Waals surface area (Å²) in [6.07, 6.45) is 2.18. The molecule has 112 valence electrons. The van der Waals surface area contributed by atoms with Gasteiger partial charge in [0.2, 0.25) is 0 Å². The maximum absolute atomic E-state index is 13.0. The van der Waals surface area contributed by atoms with E-state index in [4.69, 9.17) is 4.74 Å². The topological polar surface area (TPSA) is 67.9 Å². The number of aromatic amines is 1. The van der Waals surface area contributed by atoms with E-state index in [1.54, 1.807) is 24.4 Å². The Hall–Kier alpha value is -2.60. The second-order valence-corrected chi connectivity index (χ2v) is 4.82. The third-order valence-electron chi connectivity index (χ3n) is 3.19. The molecule has 0 aliphatic heterocycles. The zero-order chi connectivity index (χ0) is 15.4. The number of benzene rings is 1. The molecule has 5 nitrogen and oxygen atoms in total. The maximum atomic E-state index is 13.0. The van der Waals surface area contributed by atoms with Gasteiger partial charge in [0.1, 0.15) is 18.2 Å². The molecule has 0 bridgehead atoms. The molecule has 0 spiro atoms. The van der Waals surface area contributed by atoms with E-state index in [9.17, 15) is 9.18 Å². The number of hydrogen-bond acceptors (Lipinski definition) is 4. The molecule has 0 amide bonds. The second kappa shape index (κ2) is 6.44. The van der Waals surface area contributed by atoms with Crippen molar-refractivity contribution in [3.63, 3.8) is 0 Å². The Morgan fingerprint density at radius 2 is 2.14 bits per heavy atom. The van der Waals surface area contributed by atoms with Gasteiger partial charge in [0.05, 0.1) is 12.0 Å². The van der Waals surface area contributed by atoms with E-state index in [1.807, 2.05) is 6.07 Å². The lowest BCUT2D eigenvalue weighted by atomic mass is 10.2. The van der Waals surface area contributed by atoms with Crippen LogP contribution in [0.15, 0.2) is 47.4 Å². The van der Waals surface area contributed by atoms with Gasteiger partial charge in [-0.2, -0.15) is 0 Å². The largest absolute Gasteiger partial charge is 0.373 e. The van der Waals surface area contributed by atoms with E-state index in [1.165, 1.54) is 12.1 Å². The summed E-state index contributed by atoms with van der Waals surface area (Å²) in [4.78, 5) is 22.8. The molecule has 1 aromatic carbocycles. The summed E-state index contributed by atoms with van der Waals surface area (Å²) < 4.78 is 18.5.